The third-order valence-electron chi connectivity index (χ3n) is 4.52. The highest BCUT2D eigenvalue weighted by atomic mass is 15.1. The number of para-hydroxylation sites is 2. The molecule has 0 amide bonds. The van der Waals surface area contributed by atoms with Crippen molar-refractivity contribution in [3.63, 3.8) is 0 Å². The van der Waals surface area contributed by atoms with E-state index in [1.807, 2.05) is 12.1 Å². The van der Waals surface area contributed by atoms with Crippen LogP contribution in [0.5, 0.6) is 0 Å². The van der Waals surface area contributed by atoms with E-state index in [-0.39, 0.29) is 0 Å². The molecule has 0 unspecified atom stereocenters. The molecule has 3 heteroatoms. The molecule has 0 fully saturated rings. The van der Waals surface area contributed by atoms with Crippen LogP contribution in [-0.4, -0.2) is 9.55 Å². The third-order valence-corrected chi connectivity index (χ3v) is 4.52. The van der Waals surface area contributed by atoms with E-state index in [2.05, 4.69) is 77.1 Å². The number of hydrogen-bond acceptors (Lipinski definition) is 2. The van der Waals surface area contributed by atoms with Crippen LogP contribution in [0.25, 0.3) is 21.8 Å². The standard InChI is InChI=1S/C22H21N3/c1-2-14-25-21-13-6-5-12-20(21)24-22(25)16-23-15-18-10-7-9-17-8-3-4-11-19(17)18/h2-13,23H,1,14-16H2. The van der Waals surface area contributed by atoms with E-state index in [4.69, 9.17) is 4.98 Å². The minimum absolute atomic E-state index is 0.728. The van der Waals surface area contributed by atoms with Gasteiger partial charge in [0.1, 0.15) is 5.82 Å². The molecule has 0 aliphatic carbocycles. The maximum absolute atomic E-state index is 4.78. The predicted octanol–water partition coefficient (Wildman–Crippen LogP) is 4.67. The molecule has 1 aromatic heterocycles. The van der Waals surface area contributed by atoms with Crippen LogP contribution in [0, 0.1) is 0 Å². The van der Waals surface area contributed by atoms with Crippen molar-refractivity contribution in [3.8, 4) is 0 Å². The first-order valence-corrected chi connectivity index (χ1v) is 8.59. The Hall–Kier alpha value is -2.91. The van der Waals surface area contributed by atoms with Crippen molar-refractivity contribution >= 4 is 21.8 Å². The van der Waals surface area contributed by atoms with Gasteiger partial charge in [0.05, 0.1) is 17.6 Å². The number of fused-ring (bicyclic) bond motifs is 2. The maximum Gasteiger partial charge on any atom is 0.124 e. The van der Waals surface area contributed by atoms with Crippen molar-refractivity contribution in [3.05, 3.63) is 90.8 Å². The van der Waals surface area contributed by atoms with Crippen LogP contribution in [0.4, 0.5) is 0 Å². The monoisotopic (exact) mass is 327 g/mol. The summed E-state index contributed by atoms with van der Waals surface area (Å²) in [5.74, 6) is 1.04. The lowest BCUT2D eigenvalue weighted by Crippen LogP contribution is -2.16. The number of nitrogens with zero attached hydrogens (tertiary/aromatic N) is 2. The fourth-order valence-corrected chi connectivity index (χ4v) is 3.35. The molecule has 1 N–H and O–H groups in total. The first-order valence-electron chi connectivity index (χ1n) is 8.59. The number of allylic oxidation sites excluding steroid dienone is 1. The highest BCUT2D eigenvalue weighted by Gasteiger charge is 2.09. The first-order chi connectivity index (χ1) is 12.4. The second kappa shape index (κ2) is 6.91. The number of aromatic nitrogens is 2. The van der Waals surface area contributed by atoms with Gasteiger partial charge in [-0.3, -0.25) is 0 Å². The van der Waals surface area contributed by atoms with Gasteiger partial charge in [0.2, 0.25) is 0 Å². The Morgan fingerprint density at radius 3 is 2.64 bits per heavy atom. The Morgan fingerprint density at radius 2 is 1.72 bits per heavy atom. The SMILES string of the molecule is C=CCn1c(CNCc2cccc3ccccc23)nc2ccccc21. The van der Waals surface area contributed by atoms with Gasteiger partial charge in [-0.25, -0.2) is 4.98 Å². The van der Waals surface area contributed by atoms with Crippen molar-refractivity contribution in [2.24, 2.45) is 0 Å². The van der Waals surface area contributed by atoms with Crippen LogP contribution in [0.15, 0.2) is 79.4 Å². The maximum atomic E-state index is 4.78. The highest BCUT2D eigenvalue weighted by Crippen LogP contribution is 2.19. The number of hydrogen-bond donors (Lipinski definition) is 1. The van der Waals surface area contributed by atoms with Crippen molar-refractivity contribution < 1.29 is 0 Å². The van der Waals surface area contributed by atoms with Gasteiger partial charge >= 0.3 is 0 Å². The summed E-state index contributed by atoms with van der Waals surface area (Å²) in [5, 5.41) is 6.13. The summed E-state index contributed by atoms with van der Waals surface area (Å²) in [4.78, 5) is 4.78. The van der Waals surface area contributed by atoms with E-state index in [9.17, 15) is 0 Å². The van der Waals surface area contributed by atoms with Gasteiger partial charge in [0.25, 0.3) is 0 Å². The average Bonchev–Trinajstić information content (AvgIpc) is 3.00. The molecular formula is C22H21N3. The summed E-state index contributed by atoms with van der Waals surface area (Å²) >= 11 is 0. The Kier molecular flexibility index (Phi) is 4.32. The van der Waals surface area contributed by atoms with Crippen LogP contribution >= 0.6 is 0 Å². The van der Waals surface area contributed by atoms with E-state index in [0.29, 0.717) is 0 Å². The topological polar surface area (TPSA) is 29.9 Å². The summed E-state index contributed by atoms with van der Waals surface area (Å²) in [5.41, 5.74) is 3.50. The smallest absolute Gasteiger partial charge is 0.124 e. The molecule has 4 rings (SSSR count). The van der Waals surface area contributed by atoms with Crippen LogP contribution in [-0.2, 0) is 19.6 Å². The molecule has 0 saturated heterocycles. The normalized spacial score (nSPS) is 11.2. The lowest BCUT2D eigenvalue weighted by molar-refractivity contribution is 0.634. The van der Waals surface area contributed by atoms with Crippen LogP contribution in [0.1, 0.15) is 11.4 Å². The Labute approximate surface area is 147 Å². The van der Waals surface area contributed by atoms with Crippen LogP contribution in [0.3, 0.4) is 0 Å². The molecule has 0 radical (unpaired) electrons. The number of nitrogens with one attached hydrogen (secondary N) is 1. The van der Waals surface area contributed by atoms with Crippen LogP contribution < -0.4 is 5.32 Å². The lowest BCUT2D eigenvalue weighted by atomic mass is 10.0. The molecule has 0 saturated carbocycles. The van der Waals surface area contributed by atoms with E-state index < -0.39 is 0 Å². The van der Waals surface area contributed by atoms with E-state index >= 15 is 0 Å². The van der Waals surface area contributed by atoms with Crippen molar-refractivity contribution in [2.45, 2.75) is 19.6 Å². The Balaban J connectivity index is 1.56. The quantitative estimate of drug-likeness (QED) is 0.522. The van der Waals surface area contributed by atoms with Crippen molar-refractivity contribution in [1.29, 1.82) is 0 Å². The summed E-state index contributed by atoms with van der Waals surface area (Å²) < 4.78 is 2.22. The molecule has 4 aromatic rings. The van der Waals surface area contributed by atoms with Gasteiger partial charge in [0, 0.05) is 13.1 Å². The zero-order valence-corrected chi connectivity index (χ0v) is 14.2. The Bertz CT molecular complexity index is 1020. The van der Waals surface area contributed by atoms with Gasteiger partial charge in [-0.05, 0) is 28.5 Å². The molecule has 0 atom stereocenters. The summed E-state index contributed by atoms with van der Waals surface area (Å²) in [6.07, 6.45) is 1.92. The molecule has 0 bridgehead atoms. The number of rotatable bonds is 6. The summed E-state index contributed by atoms with van der Waals surface area (Å²) in [6.45, 7) is 6.19. The van der Waals surface area contributed by atoms with Gasteiger partial charge in [0.15, 0.2) is 0 Å². The predicted molar refractivity (Wildman–Crippen MR) is 104 cm³/mol. The van der Waals surface area contributed by atoms with E-state index in [1.54, 1.807) is 0 Å². The first kappa shape index (κ1) is 15.6. The van der Waals surface area contributed by atoms with Gasteiger partial charge < -0.3 is 9.88 Å². The molecule has 25 heavy (non-hydrogen) atoms. The zero-order chi connectivity index (χ0) is 17.1. The minimum atomic E-state index is 0.728. The minimum Gasteiger partial charge on any atom is -0.323 e. The largest absolute Gasteiger partial charge is 0.323 e. The number of imidazole rings is 1. The second-order valence-electron chi connectivity index (χ2n) is 6.16. The molecule has 3 aromatic carbocycles. The number of benzene rings is 3. The molecule has 0 aliphatic heterocycles. The van der Waals surface area contributed by atoms with Gasteiger partial charge in [-0.15, -0.1) is 6.58 Å². The zero-order valence-electron chi connectivity index (χ0n) is 14.2. The van der Waals surface area contributed by atoms with E-state index in [0.717, 1.165) is 36.5 Å². The average molecular weight is 327 g/mol. The fraction of sp³-hybridized carbons (Fsp3) is 0.136. The molecule has 1 heterocycles. The second-order valence-corrected chi connectivity index (χ2v) is 6.16. The van der Waals surface area contributed by atoms with Crippen molar-refractivity contribution in [2.75, 3.05) is 0 Å². The molecule has 3 nitrogen and oxygen atoms in total. The van der Waals surface area contributed by atoms with Crippen LogP contribution in [0.2, 0.25) is 0 Å². The lowest BCUT2D eigenvalue weighted by Gasteiger charge is -2.10. The van der Waals surface area contributed by atoms with Gasteiger partial charge in [-0.1, -0.05) is 60.7 Å². The molecule has 124 valence electrons. The highest BCUT2D eigenvalue weighted by molar-refractivity contribution is 5.85. The fourth-order valence-electron chi connectivity index (χ4n) is 3.35. The molecule has 0 aliphatic rings. The van der Waals surface area contributed by atoms with E-state index in [1.165, 1.54) is 16.3 Å². The van der Waals surface area contributed by atoms with Crippen molar-refractivity contribution in [1.82, 2.24) is 14.9 Å². The Morgan fingerprint density at radius 1 is 0.920 bits per heavy atom. The van der Waals surface area contributed by atoms with Gasteiger partial charge in [-0.2, -0.15) is 0 Å². The molecular weight excluding hydrogens is 306 g/mol. The third kappa shape index (κ3) is 3.06. The summed E-state index contributed by atoms with van der Waals surface area (Å²) in [7, 11) is 0. The summed E-state index contributed by atoms with van der Waals surface area (Å²) in [6, 6.07) is 23.2. The molecule has 0 spiro atoms.